The zero-order valence-corrected chi connectivity index (χ0v) is 18.3. The minimum Gasteiger partial charge on any atom is -0.495 e. The molecule has 0 fully saturated rings. The molecule has 0 spiro atoms. The van der Waals surface area contributed by atoms with E-state index in [1.54, 1.807) is 14.2 Å². The standard InChI is InChI=1S/C22H29N5O3/c1-6-7-10-25-20(28)18-19(24(4)22(25)29)23-21-26(12-15(3)13-27(18)21)16-11-14(2)8-9-17(16)30-5/h8-9,11,15H,6-7,10,12-13H2,1-5H3. The maximum atomic E-state index is 13.3. The second kappa shape index (κ2) is 7.66. The van der Waals surface area contributed by atoms with Gasteiger partial charge in [0.1, 0.15) is 5.75 Å². The molecule has 0 radical (unpaired) electrons. The molecule has 3 aromatic rings. The van der Waals surface area contributed by atoms with Gasteiger partial charge in [-0.3, -0.25) is 13.9 Å². The first-order valence-corrected chi connectivity index (χ1v) is 10.5. The number of aromatic nitrogens is 4. The van der Waals surface area contributed by atoms with Gasteiger partial charge in [0.25, 0.3) is 5.56 Å². The van der Waals surface area contributed by atoms with Crippen molar-refractivity contribution in [3.8, 4) is 5.75 Å². The molecule has 8 nitrogen and oxygen atoms in total. The van der Waals surface area contributed by atoms with Crippen molar-refractivity contribution in [2.75, 3.05) is 18.6 Å². The molecule has 1 aliphatic heterocycles. The molecule has 0 amide bonds. The fraction of sp³-hybridized carbons (Fsp3) is 0.500. The molecule has 3 heterocycles. The number of rotatable bonds is 5. The third-order valence-electron chi connectivity index (χ3n) is 5.80. The van der Waals surface area contributed by atoms with Crippen LogP contribution in [0.4, 0.5) is 11.6 Å². The number of nitrogens with zero attached hydrogens (tertiary/aromatic N) is 5. The number of hydrogen-bond donors (Lipinski definition) is 0. The largest absolute Gasteiger partial charge is 0.495 e. The number of fused-ring (bicyclic) bond motifs is 3. The Morgan fingerprint density at radius 3 is 2.70 bits per heavy atom. The van der Waals surface area contributed by atoms with Gasteiger partial charge in [-0.15, -0.1) is 0 Å². The zero-order chi connectivity index (χ0) is 21.6. The first kappa shape index (κ1) is 20.3. The molecule has 0 saturated heterocycles. The lowest BCUT2D eigenvalue weighted by atomic mass is 10.1. The molecule has 0 bridgehead atoms. The van der Waals surface area contributed by atoms with Gasteiger partial charge in [-0.25, -0.2) is 4.79 Å². The quantitative estimate of drug-likeness (QED) is 0.645. The van der Waals surface area contributed by atoms with Crippen molar-refractivity contribution >= 4 is 22.8 Å². The molecule has 0 saturated carbocycles. The maximum Gasteiger partial charge on any atom is 0.332 e. The molecule has 1 aromatic carbocycles. The van der Waals surface area contributed by atoms with Crippen LogP contribution in [0.5, 0.6) is 5.75 Å². The highest BCUT2D eigenvalue weighted by Crippen LogP contribution is 2.38. The molecule has 8 heteroatoms. The molecule has 30 heavy (non-hydrogen) atoms. The van der Waals surface area contributed by atoms with Crippen LogP contribution >= 0.6 is 0 Å². The second-order valence-electron chi connectivity index (χ2n) is 8.24. The Labute approximate surface area is 175 Å². The number of aryl methyl sites for hydroxylation is 2. The Morgan fingerprint density at radius 2 is 2.00 bits per heavy atom. The van der Waals surface area contributed by atoms with Crippen LogP contribution in [0, 0.1) is 12.8 Å². The molecule has 1 aliphatic rings. The second-order valence-corrected chi connectivity index (χ2v) is 8.24. The third-order valence-corrected chi connectivity index (χ3v) is 5.80. The van der Waals surface area contributed by atoms with Crippen molar-refractivity contribution in [3.05, 3.63) is 44.6 Å². The minimum atomic E-state index is -0.316. The number of methoxy groups -OCH3 is 1. The summed E-state index contributed by atoms with van der Waals surface area (Å²) in [7, 11) is 3.34. The van der Waals surface area contributed by atoms with Crippen molar-refractivity contribution < 1.29 is 4.74 Å². The van der Waals surface area contributed by atoms with Gasteiger partial charge in [-0.1, -0.05) is 26.3 Å². The van der Waals surface area contributed by atoms with Crippen LogP contribution in [-0.2, 0) is 20.1 Å². The molecule has 2 aromatic heterocycles. The van der Waals surface area contributed by atoms with E-state index in [2.05, 4.69) is 17.9 Å². The van der Waals surface area contributed by atoms with Crippen molar-refractivity contribution in [2.24, 2.45) is 13.0 Å². The minimum absolute atomic E-state index is 0.259. The topological polar surface area (TPSA) is 74.3 Å². The number of ether oxygens (including phenoxy) is 1. The summed E-state index contributed by atoms with van der Waals surface area (Å²) in [5, 5.41) is 0. The predicted octanol–water partition coefficient (Wildman–Crippen LogP) is 2.80. The van der Waals surface area contributed by atoms with Crippen LogP contribution in [0.2, 0.25) is 0 Å². The van der Waals surface area contributed by atoms with Gasteiger partial charge in [0, 0.05) is 26.7 Å². The van der Waals surface area contributed by atoms with E-state index in [-0.39, 0.29) is 11.2 Å². The first-order valence-electron chi connectivity index (χ1n) is 10.5. The van der Waals surface area contributed by atoms with Crippen LogP contribution in [0.1, 0.15) is 32.3 Å². The number of imidazole rings is 1. The van der Waals surface area contributed by atoms with E-state index < -0.39 is 0 Å². The summed E-state index contributed by atoms with van der Waals surface area (Å²) in [6.45, 7) is 8.09. The van der Waals surface area contributed by atoms with E-state index in [1.165, 1.54) is 9.13 Å². The smallest absolute Gasteiger partial charge is 0.332 e. The molecule has 1 atom stereocenters. The van der Waals surface area contributed by atoms with Gasteiger partial charge in [0.15, 0.2) is 11.2 Å². The molecule has 160 valence electrons. The summed E-state index contributed by atoms with van der Waals surface area (Å²) in [4.78, 5) is 33.0. The monoisotopic (exact) mass is 411 g/mol. The normalized spacial score (nSPS) is 16.2. The van der Waals surface area contributed by atoms with Crippen LogP contribution in [0.15, 0.2) is 27.8 Å². The molecule has 0 aliphatic carbocycles. The molecular formula is C22H29N5O3. The van der Waals surface area contributed by atoms with Crippen LogP contribution < -0.4 is 20.9 Å². The Kier molecular flexibility index (Phi) is 5.17. The van der Waals surface area contributed by atoms with Gasteiger partial charge >= 0.3 is 5.69 Å². The molecular weight excluding hydrogens is 382 g/mol. The van der Waals surface area contributed by atoms with Crippen molar-refractivity contribution in [1.82, 2.24) is 18.7 Å². The SMILES string of the molecule is CCCCn1c(=O)c2c(nc3n2CC(C)CN3c2cc(C)ccc2OC)n(C)c1=O. The molecule has 1 unspecified atom stereocenters. The van der Waals surface area contributed by atoms with Crippen LogP contribution in [-0.4, -0.2) is 32.3 Å². The number of unbranched alkanes of at least 4 members (excludes halogenated alkanes) is 1. The fourth-order valence-corrected chi connectivity index (χ4v) is 4.23. The van der Waals surface area contributed by atoms with Crippen molar-refractivity contribution in [1.29, 1.82) is 0 Å². The maximum absolute atomic E-state index is 13.3. The van der Waals surface area contributed by atoms with E-state index >= 15 is 0 Å². The van der Waals surface area contributed by atoms with E-state index in [0.717, 1.165) is 36.4 Å². The van der Waals surface area contributed by atoms with Crippen LogP contribution in [0.25, 0.3) is 11.2 Å². The number of hydrogen-bond acceptors (Lipinski definition) is 5. The highest BCUT2D eigenvalue weighted by molar-refractivity contribution is 5.78. The summed E-state index contributed by atoms with van der Waals surface area (Å²) in [5.74, 6) is 1.72. The third kappa shape index (κ3) is 3.11. The fourth-order valence-electron chi connectivity index (χ4n) is 4.23. The van der Waals surface area contributed by atoms with Gasteiger partial charge in [0.05, 0.1) is 12.8 Å². The van der Waals surface area contributed by atoms with E-state index in [4.69, 9.17) is 9.72 Å². The average Bonchev–Trinajstić information content (AvgIpc) is 3.11. The summed E-state index contributed by atoms with van der Waals surface area (Å²) in [6.07, 6.45) is 1.70. The lowest BCUT2D eigenvalue weighted by molar-refractivity contribution is 0.409. The Balaban J connectivity index is 2.00. The Hall–Kier alpha value is -3.03. The first-order chi connectivity index (χ1) is 14.4. The Bertz CT molecular complexity index is 1220. The lowest BCUT2D eigenvalue weighted by Crippen LogP contribution is -2.40. The van der Waals surface area contributed by atoms with E-state index in [9.17, 15) is 9.59 Å². The van der Waals surface area contributed by atoms with E-state index in [1.807, 2.05) is 30.5 Å². The highest BCUT2D eigenvalue weighted by atomic mass is 16.5. The zero-order valence-electron chi connectivity index (χ0n) is 18.3. The highest BCUT2D eigenvalue weighted by Gasteiger charge is 2.31. The Morgan fingerprint density at radius 1 is 1.23 bits per heavy atom. The average molecular weight is 412 g/mol. The van der Waals surface area contributed by atoms with E-state index in [0.29, 0.717) is 36.1 Å². The van der Waals surface area contributed by atoms with Gasteiger partial charge in [-0.2, -0.15) is 4.98 Å². The van der Waals surface area contributed by atoms with Gasteiger partial charge in [0.2, 0.25) is 5.95 Å². The molecule has 0 N–H and O–H groups in total. The van der Waals surface area contributed by atoms with Gasteiger partial charge in [-0.05, 0) is 37.0 Å². The van der Waals surface area contributed by atoms with Crippen molar-refractivity contribution in [2.45, 2.75) is 46.7 Å². The summed E-state index contributed by atoms with van der Waals surface area (Å²) in [5.41, 5.74) is 2.37. The number of anilines is 2. The van der Waals surface area contributed by atoms with Crippen LogP contribution in [0.3, 0.4) is 0 Å². The summed E-state index contributed by atoms with van der Waals surface area (Å²) >= 11 is 0. The van der Waals surface area contributed by atoms with Crippen molar-refractivity contribution in [3.63, 3.8) is 0 Å². The van der Waals surface area contributed by atoms with Gasteiger partial charge < -0.3 is 14.2 Å². The lowest BCUT2D eigenvalue weighted by Gasteiger charge is -2.33. The number of benzene rings is 1. The predicted molar refractivity (Wildman–Crippen MR) is 118 cm³/mol. The summed E-state index contributed by atoms with van der Waals surface area (Å²) < 4.78 is 10.4. The molecule has 4 rings (SSSR count). The summed E-state index contributed by atoms with van der Waals surface area (Å²) in [6, 6.07) is 6.03.